The molecule has 66 valence electrons. The van der Waals surface area contributed by atoms with Crippen molar-refractivity contribution in [2.24, 2.45) is 0 Å². The molecule has 0 atom stereocenters. The van der Waals surface area contributed by atoms with Gasteiger partial charge in [0.2, 0.25) is 0 Å². The van der Waals surface area contributed by atoms with Gasteiger partial charge < -0.3 is 4.98 Å². The van der Waals surface area contributed by atoms with Gasteiger partial charge >= 0.3 is 0 Å². The highest BCUT2D eigenvalue weighted by molar-refractivity contribution is 5.87. The molecule has 0 amide bonds. The second-order valence-electron chi connectivity index (χ2n) is 3.34. The minimum atomic E-state index is 0.490. The first-order valence-corrected chi connectivity index (χ1v) is 4.32. The Morgan fingerprint density at radius 1 is 1.15 bits per heavy atom. The number of aromatic amines is 1. The van der Waals surface area contributed by atoms with Gasteiger partial charge in [0.15, 0.2) is 0 Å². The average Bonchev–Trinajstić information content (AvgIpc) is 2.12. The Balaban J connectivity index is 3.09. The number of nitrogens with one attached hydrogen (secondary N) is 2. The third-order valence-corrected chi connectivity index (χ3v) is 2.37. The van der Waals surface area contributed by atoms with Crippen LogP contribution in [-0.2, 0) is 0 Å². The van der Waals surface area contributed by atoms with Crippen molar-refractivity contribution in [3.05, 3.63) is 41.0 Å². The zero-order valence-electron chi connectivity index (χ0n) is 7.81. The Bertz CT molecular complexity index is 501. The van der Waals surface area contributed by atoms with Crippen molar-refractivity contribution in [3.8, 4) is 0 Å². The molecular formula is C11H12N2. The van der Waals surface area contributed by atoms with Crippen LogP contribution in [0.5, 0.6) is 0 Å². The van der Waals surface area contributed by atoms with Crippen LogP contribution in [0, 0.1) is 19.3 Å². The van der Waals surface area contributed by atoms with E-state index in [0.717, 1.165) is 5.39 Å². The number of H-pyrrole nitrogens is 1. The summed E-state index contributed by atoms with van der Waals surface area (Å²) in [5.74, 6) is 0. The molecule has 13 heavy (non-hydrogen) atoms. The van der Waals surface area contributed by atoms with Gasteiger partial charge in [-0.15, -0.1) is 0 Å². The molecule has 2 aromatic rings. The Hall–Kier alpha value is -1.57. The number of fused-ring (bicyclic) bond motifs is 1. The molecule has 2 nitrogen and oxygen atoms in total. The molecule has 0 bridgehead atoms. The van der Waals surface area contributed by atoms with Crippen molar-refractivity contribution in [1.29, 1.82) is 5.41 Å². The van der Waals surface area contributed by atoms with E-state index in [2.05, 4.69) is 24.9 Å². The lowest BCUT2D eigenvalue weighted by Crippen LogP contribution is -2.06. The summed E-state index contributed by atoms with van der Waals surface area (Å²) in [4.78, 5) is 2.94. The zero-order chi connectivity index (χ0) is 9.42. The summed E-state index contributed by atoms with van der Waals surface area (Å²) in [6, 6.07) is 6.05. The molecule has 0 aliphatic heterocycles. The van der Waals surface area contributed by atoms with E-state index >= 15 is 0 Å². The molecule has 2 heteroatoms. The molecule has 0 saturated heterocycles. The standard InChI is InChI=1S/C11H12N2/c1-7-4-3-5-9-10(7)8(2)6-13-11(9)12/h3-6H,1-2H3,(H2,12,13). The van der Waals surface area contributed by atoms with Gasteiger partial charge in [-0.05, 0) is 30.4 Å². The molecule has 0 unspecified atom stereocenters. The fraction of sp³-hybridized carbons (Fsp3) is 0.182. The van der Waals surface area contributed by atoms with Crippen LogP contribution >= 0.6 is 0 Å². The Morgan fingerprint density at radius 3 is 2.62 bits per heavy atom. The van der Waals surface area contributed by atoms with Gasteiger partial charge in [0.1, 0.15) is 5.49 Å². The molecule has 0 fully saturated rings. The highest BCUT2D eigenvalue weighted by Crippen LogP contribution is 2.17. The third-order valence-electron chi connectivity index (χ3n) is 2.37. The average molecular weight is 172 g/mol. The lowest BCUT2D eigenvalue weighted by Gasteiger charge is -2.04. The van der Waals surface area contributed by atoms with Gasteiger partial charge in [0.05, 0.1) is 0 Å². The second kappa shape index (κ2) is 2.73. The van der Waals surface area contributed by atoms with Crippen molar-refractivity contribution in [2.45, 2.75) is 13.8 Å². The first-order chi connectivity index (χ1) is 6.20. The molecule has 0 radical (unpaired) electrons. The third kappa shape index (κ3) is 1.15. The number of aromatic nitrogens is 1. The maximum absolute atomic E-state index is 7.70. The SMILES string of the molecule is Cc1cccc2c(=N)[nH]cc(C)c12. The predicted octanol–water partition coefficient (Wildman–Crippen LogP) is 2.26. The summed E-state index contributed by atoms with van der Waals surface area (Å²) in [6.45, 7) is 4.14. The molecule has 0 spiro atoms. The summed E-state index contributed by atoms with van der Waals surface area (Å²) >= 11 is 0. The second-order valence-corrected chi connectivity index (χ2v) is 3.34. The van der Waals surface area contributed by atoms with Gasteiger partial charge in [0, 0.05) is 11.6 Å². The van der Waals surface area contributed by atoms with Gasteiger partial charge in [-0.1, -0.05) is 18.2 Å². The molecule has 0 aliphatic rings. The topological polar surface area (TPSA) is 39.6 Å². The van der Waals surface area contributed by atoms with Crippen molar-refractivity contribution in [1.82, 2.24) is 4.98 Å². The highest BCUT2D eigenvalue weighted by atomic mass is 14.7. The summed E-state index contributed by atoms with van der Waals surface area (Å²) in [5, 5.41) is 9.90. The molecule has 2 N–H and O–H groups in total. The highest BCUT2D eigenvalue weighted by Gasteiger charge is 2.00. The van der Waals surface area contributed by atoms with Gasteiger partial charge in [0.25, 0.3) is 0 Å². The summed E-state index contributed by atoms with van der Waals surface area (Å²) in [5.41, 5.74) is 2.92. The number of hydrogen-bond acceptors (Lipinski definition) is 1. The number of benzene rings is 1. The van der Waals surface area contributed by atoms with Crippen LogP contribution in [0.15, 0.2) is 24.4 Å². The smallest absolute Gasteiger partial charge is 0.130 e. The van der Waals surface area contributed by atoms with E-state index in [4.69, 9.17) is 5.41 Å². The monoisotopic (exact) mass is 172 g/mol. The van der Waals surface area contributed by atoms with E-state index in [1.165, 1.54) is 16.5 Å². The van der Waals surface area contributed by atoms with Crippen molar-refractivity contribution >= 4 is 10.8 Å². The van der Waals surface area contributed by atoms with Crippen LogP contribution in [0.4, 0.5) is 0 Å². The summed E-state index contributed by atoms with van der Waals surface area (Å²) < 4.78 is 0. The van der Waals surface area contributed by atoms with E-state index in [0.29, 0.717) is 5.49 Å². The van der Waals surface area contributed by atoms with E-state index in [9.17, 15) is 0 Å². The quantitative estimate of drug-likeness (QED) is 0.612. The van der Waals surface area contributed by atoms with Crippen molar-refractivity contribution < 1.29 is 0 Å². The fourth-order valence-electron chi connectivity index (χ4n) is 1.73. The lowest BCUT2D eigenvalue weighted by molar-refractivity contribution is 1.11. The Morgan fingerprint density at radius 2 is 1.92 bits per heavy atom. The minimum absolute atomic E-state index is 0.490. The number of rotatable bonds is 0. The van der Waals surface area contributed by atoms with Crippen LogP contribution in [0.1, 0.15) is 11.1 Å². The van der Waals surface area contributed by atoms with Crippen LogP contribution in [0.25, 0.3) is 10.8 Å². The van der Waals surface area contributed by atoms with Crippen molar-refractivity contribution in [2.75, 3.05) is 0 Å². The molecule has 0 aliphatic carbocycles. The fourth-order valence-corrected chi connectivity index (χ4v) is 1.73. The first-order valence-electron chi connectivity index (χ1n) is 4.32. The molecule has 1 aromatic heterocycles. The largest absolute Gasteiger partial charge is 0.346 e. The van der Waals surface area contributed by atoms with E-state index in [1.54, 1.807) is 0 Å². The van der Waals surface area contributed by atoms with Gasteiger partial charge in [-0.2, -0.15) is 0 Å². The minimum Gasteiger partial charge on any atom is -0.346 e. The summed E-state index contributed by atoms with van der Waals surface area (Å²) in [6.07, 6.45) is 1.89. The van der Waals surface area contributed by atoms with Crippen molar-refractivity contribution in [3.63, 3.8) is 0 Å². The van der Waals surface area contributed by atoms with Crippen LogP contribution in [0.2, 0.25) is 0 Å². The lowest BCUT2D eigenvalue weighted by atomic mass is 10.0. The zero-order valence-corrected chi connectivity index (χ0v) is 7.81. The molecule has 2 rings (SSSR count). The maximum Gasteiger partial charge on any atom is 0.130 e. The molecular weight excluding hydrogens is 160 g/mol. The van der Waals surface area contributed by atoms with Gasteiger partial charge in [-0.3, -0.25) is 5.41 Å². The summed E-state index contributed by atoms with van der Waals surface area (Å²) in [7, 11) is 0. The maximum atomic E-state index is 7.70. The first kappa shape index (κ1) is 8.05. The van der Waals surface area contributed by atoms with Crippen LogP contribution < -0.4 is 5.49 Å². The van der Waals surface area contributed by atoms with Gasteiger partial charge in [-0.25, -0.2) is 0 Å². The number of aryl methyl sites for hydroxylation is 2. The number of pyridine rings is 1. The van der Waals surface area contributed by atoms with Crippen LogP contribution in [-0.4, -0.2) is 4.98 Å². The Kier molecular flexibility index (Phi) is 1.69. The number of hydrogen-bond donors (Lipinski definition) is 2. The molecule has 1 heterocycles. The van der Waals surface area contributed by atoms with E-state index in [1.807, 2.05) is 18.3 Å². The Labute approximate surface area is 76.7 Å². The van der Waals surface area contributed by atoms with E-state index in [-0.39, 0.29) is 0 Å². The molecule has 0 saturated carbocycles. The molecule has 1 aromatic carbocycles. The van der Waals surface area contributed by atoms with Crippen LogP contribution in [0.3, 0.4) is 0 Å². The normalized spacial score (nSPS) is 10.6. The predicted molar refractivity (Wildman–Crippen MR) is 53.6 cm³/mol. The van der Waals surface area contributed by atoms with E-state index < -0.39 is 0 Å².